The second-order valence-electron chi connectivity index (χ2n) is 10.2. The Morgan fingerprint density at radius 1 is 1.24 bits per heavy atom. The third-order valence-corrected chi connectivity index (χ3v) is 8.81. The van der Waals surface area contributed by atoms with Crippen molar-refractivity contribution >= 4 is 32.7 Å². The molecule has 1 saturated heterocycles. The molecule has 2 N–H and O–H groups in total. The van der Waals surface area contributed by atoms with Crippen molar-refractivity contribution in [3.8, 4) is 17.0 Å². The Labute approximate surface area is 215 Å². The summed E-state index contributed by atoms with van der Waals surface area (Å²) in [4.78, 5) is 18.0. The molecule has 0 unspecified atom stereocenters. The van der Waals surface area contributed by atoms with E-state index in [0.29, 0.717) is 34.4 Å². The lowest BCUT2D eigenvalue weighted by Crippen LogP contribution is -2.38. The third kappa shape index (κ3) is 3.86. The van der Waals surface area contributed by atoms with Crippen LogP contribution in [0.1, 0.15) is 53.3 Å². The van der Waals surface area contributed by atoms with E-state index < -0.39 is 11.8 Å². The van der Waals surface area contributed by atoms with Gasteiger partial charge in [0.1, 0.15) is 22.7 Å². The number of carboxylic acid groups (broad SMARTS) is 1. The summed E-state index contributed by atoms with van der Waals surface area (Å²) in [5.74, 6) is -0.0581. The predicted octanol–water partition coefficient (Wildman–Crippen LogP) is 5.56. The lowest BCUT2D eigenvalue weighted by atomic mass is 10.0. The second kappa shape index (κ2) is 8.53. The number of aromatic nitrogens is 2. The van der Waals surface area contributed by atoms with Crippen molar-refractivity contribution in [3.05, 3.63) is 59.1 Å². The van der Waals surface area contributed by atoms with Crippen LogP contribution in [0.15, 0.2) is 40.9 Å². The fourth-order valence-corrected chi connectivity index (χ4v) is 6.87. The quantitative estimate of drug-likeness (QED) is 0.326. The molecule has 4 aromatic rings. The largest absolute Gasteiger partial charge is 0.507 e. The highest BCUT2D eigenvalue weighted by atomic mass is 32.1. The average molecular weight is 522 g/mol. The van der Waals surface area contributed by atoms with Gasteiger partial charge >= 0.3 is 5.97 Å². The molecule has 0 spiro atoms. The van der Waals surface area contributed by atoms with Crippen molar-refractivity contribution in [2.24, 2.45) is 5.92 Å². The Balaban J connectivity index is 1.08. The number of fused-ring (bicyclic) bond motifs is 3. The number of hydrogen-bond donors (Lipinski definition) is 2. The zero-order valence-electron chi connectivity index (χ0n) is 19.8. The summed E-state index contributed by atoms with van der Waals surface area (Å²) >= 11 is 1.33. The highest BCUT2D eigenvalue weighted by molar-refractivity contribution is 7.22. The van der Waals surface area contributed by atoms with Gasteiger partial charge in [0.2, 0.25) is 0 Å². The molecule has 37 heavy (non-hydrogen) atoms. The van der Waals surface area contributed by atoms with Crippen LogP contribution in [0.2, 0.25) is 0 Å². The molecular formula is C27H24FN3O5S. The molecule has 2 saturated carbocycles. The molecule has 2 aromatic carbocycles. The van der Waals surface area contributed by atoms with Gasteiger partial charge in [0, 0.05) is 35.5 Å². The highest BCUT2D eigenvalue weighted by Gasteiger charge is 2.46. The number of aromatic hydroxyl groups is 1. The van der Waals surface area contributed by atoms with Crippen LogP contribution in [0.4, 0.5) is 9.52 Å². The van der Waals surface area contributed by atoms with Crippen molar-refractivity contribution in [2.75, 3.05) is 11.4 Å². The fourth-order valence-electron chi connectivity index (χ4n) is 5.77. The average Bonchev–Trinajstić information content (AvgIpc) is 3.23. The maximum atomic E-state index is 14.5. The molecular weight excluding hydrogens is 497 g/mol. The van der Waals surface area contributed by atoms with Gasteiger partial charge in [-0.2, -0.15) is 0 Å². The Kier molecular flexibility index (Phi) is 5.23. The van der Waals surface area contributed by atoms with Crippen molar-refractivity contribution in [3.63, 3.8) is 0 Å². The van der Waals surface area contributed by atoms with Crippen LogP contribution in [0.3, 0.4) is 0 Å². The maximum Gasteiger partial charge on any atom is 0.335 e. The van der Waals surface area contributed by atoms with E-state index in [1.165, 1.54) is 17.4 Å². The molecule has 1 aliphatic heterocycles. The van der Waals surface area contributed by atoms with E-state index in [1.54, 1.807) is 12.1 Å². The predicted molar refractivity (Wildman–Crippen MR) is 135 cm³/mol. The number of rotatable bonds is 7. The number of carboxylic acids is 1. The first-order valence-corrected chi connectivity index (χ1v) is 13.3. The summed E-state index contributed by atoms with van der Waals surface area (Å²) in [6.45, 7) is 1.13. The van der Waals surface area contributed by atoms with E-state index in [0.717, 1.165) is 54.7 Å². The number of benzene rings is 2. The lowest BCUT2D eigenvalue weighted by Gasteiger charge is -2.31. The zero-order chi connectivity index (χ0) is 25.3. The van der Waals surface area contributed by atoms with Crippen LogP contribution in [0, 0.1) is 11.7 Å². The molecule has 3 fully saturated rings. The first-order valence-electron chi connectivity index (χ1n) is 12.4. The van der Waals surface area contributed by atoms with E-state index >= 15 is 0 Å². The minimum Gasteiger partial charge on any atom is -0.507 e. The number of phenolic OH excluding ortho intramolecular Hbond substituents is 1. The minimum absolute atomic E-state index is 0.0703. The van der Waals surface area contributed by atoms with E-state index in [2.05, 4.69) is 15.0 Å². The number of thiazole rings is 1. The van der Waals surface area contributed by atoms with E-state index in [1.807, 2.05) is 12.1 Å². The van der Waals surface area contributed by atoms with Crippen molar-refractivity contribution in [1.29, 1.82) is 0 Å². The molecule has 0 amide bonds. The highest BCUT2D eigenvalue weighted by Crippen LogP contribution is 2.47. The number of nitrogens with zero attached hydrogens (tertiary/aromatic N) is 3. The number of carbonyl (C=O) groups is 1. The normalized spacial score (nSPS) is 22.8. The number of halogens is 1. The summed E-state index contributed by atoms with van der Waals surface area (Å²) in [7, 11) is 0. The molecule has 2 aliphatic carbocycles. The molecule has 8 nitrogen and oxygen atoms in total. The lowest BCUT2D eigenvalue weighted by molar-refractivity contribution is 0.0122. The Bertz CT molecular complexity index is 1530. The Morgan fingerprint density at radius 2 is 2.08 bits per heavy atom. The second-order valence-corrected chi connectivity index (χ2v) is 11.2. The molecule has 3 atom stereocenters. The molecule has 7 rings (SSSR count). The summed E-state index contributed by atoms with van der Waals surface area (Å²) in [6.07, 6.45) is 4.02. The van der Waals surface area contributed by atoms with Crippen molar-refractivity contribution in [1.82, 2.24) is 10.1 Å². The number of phenols is 1. The smallest absolute Gasteiger partial charge is 0.335 e. The van der Waals surface area contributed by atoms with Crippen molar-refractivity contribution in [2.45, 2.75) is 50.4 Å². The minimum atomic E-state index is -1.15. The number of para-hydroxylation sites is 1. The standard InChI is InChI=1S/C27H24FN3O5S/c28-19-8-14(26(33)34)9-22-24(19)29-27(37-22)31-11-15-7-16(31)10-21(15)35-12-18-23(17-3-1-2-4-20(17)32)30-36-25(18)13-5-6-13/h1-4,8-9,13,15-16,21,32H,5-7,10-12H2,(H,33,34)/t15-,16-,21+/m0/s1. The first kappa shape index (κ1) is 22.7. The fraction of sp³-hybridized carbons (Fsp3) is 0.370. The van der Waals surface area contributed by atoms with Crippen LogP contribution >= 0.6 is 11.3 Å². The van der Waals surface area contributed by atoms with Crippen LogP contribution in [-0.4, -0.2) is 45.0 Å². The monoisotopic (exact) mass is 521 g/mol. The SMILES string of the molecule is O=C(O)c1cc(F)c2nc(N3C[C@@H]4C[C@H]3C[C@H]4OCc3c(-c4ccccc4O)noc3C3CC3)sc2c1. The molecule has 2 aromatic heterocycles. The summed E-state index contributed by atoms with van der Waals surface area (Å²) in [5, 5.41) is 24.6. The molecule has 3 heterocycles. The van der Waals surface area contributed by atoms with E-state index in [4.69, 9.17) is 9.26 Å². The van der Waals surface area contributed by atoms with Gasteiger partial charge in [-0.3, -0.25) is 0 Å². The number of anilines is 1. The zero-order valence-corrected chi connectivity index (χ0v) is 20.6. The van der Waals surface area contributed by atoms with Crippen LogP contribution in [0.5, 0.6) is 5.75 Å². The van der Waals surface area contributed by atoms with Gasteiger partial charge in [-0.1, -0.05) is 28.6 Å². The number of ether oxygens (including phenoxy) is 1. The van der Waals surface area contributed by atoms with Crippen LogP contribution < -0.4 is 4.90 Å². The Hall–Kier alpha value is -3.50. The topological polar surface area (TPSA) is 109 Å². The summed E-state index contributed by atoms with van der Waals surface area (Å²) in [6, 6.07) is 9.88. The maximum absolute atomic E-state index is 14.5. The molecule has 3 aliphatic rings. The van der Waals surface area contributed by atoms with Gasteiger partial charge < -0.3 is 24.4 Å². The number of aromatic carboxylic acids is 1. The van der Waals surface area contributed by atoms with Gasteiger partial charge in [-0.15, -0.1) is 0 Å². The number of piperidine rings is 1. The Morgan fingerprint density at radius 3 is 2.81 bits per heavy atom. The van der Waals surface area contributed by atoms with Gasteiger partial charge in [-0.05, 0) is 49.9 Å². The van der Waals surface area contributed by atoms with Gasteiger partial charge in [0.25, 0.3) is 0 Å². The van der Waals surface area contributed by atoms with Gasteiger partial charge in [0.15, 0.2) is 10.9 Å². The van der Waals surface area contributed by atoms with Crippen LogP contribution in [-0.2, 0) is 11.3 Å². The van der Waals surface area contributed by atoms with Crippen molar-refractivity contribution < 1.29 is 28.7 Å². The summed E-state index contributed by atoms with van der Waals surface area (Å²) < 4.78 is 27.2. The first-order chi connectivity index (χ1) is 18.0. The third-order valence-electron chi connectivity index (χ3n) is 7.77. The van der Waals surface area contributed by atoms with E-state index in [-0.39, 0.29) is 29.0 Å². The van der Waals surface area contributed by atoms with Crippen LogP contribution in [0.25, 0.3) is 21.5 Å². The molecule has 10 heteroatoms. The van der Waals surface area contributed by atoms with E-state index in [9.17, 15) is 19.4 Å². The number of hydrogen-bond acceptors (Lipinski definition) is 8. The summed E-state index contributed by atoms with van der Waals surface area (Å²) in [5.41, 5.74) is 2.35. The van der Waals surface area contributed by atoms with Gasteiger partial charge in [-0.25, -0.2) is 14.2 Å². The molecule has 2 bridgehead atoms. The molecule has 0 radical (unpaired) electrons. The van der Waals surface area contributed by atoms with Gasteiger partial charge in [0.05, 0.1) is 23.0 Å². The molecule has 190 valence electrons.